The Balaban J connectivity index is 2.17. The smallest absolute Gasteiger partial charge is 0.115 e. The highest BCUT2D eigenvalue weighted by molar-refractivity contribution is 5.07. The molecule has 1 fully saturated rings. The summed E-state index contributed by atoms with van der Waals surface area (Å²) in [6.07, 6.45) is 12.7. The molecule has 2 rings (SSSR count). The van der Waals surface area contributed by atoms with Gasteiger partial charge in [0.05, 0.1) is 0 Å². The molecule has 0 aromatic carbocycles. The van der Waals surface area contributed by atoms with Gasteiger partial charge in [0.2, 0.25) is 0 Å². The van der Waals surface area contributed by atoms with Gasteiger partial charge in [-0.1, -0.05) is 12.2 Å². The summed E-state index contributed by atoms with van der Waals surface area (Å²) in [5.74, 6) is 1.32. The molecule has 0 spiro atoms. The summed E-state index contributed by atoms with van der Waals surface area (Å²) in [5.41, 5.74) is 3.56. The monoisotopic (exact) mass is 247 g/mol. The van der Waals surface area contributed by atoms with E-state index in [1.54, 1.807) is 0 Å². The number of hydrogen-bond donors (Lipinski definition) is 1. The third-order valence-electron chi connectivity index (χ3n) is 3.70. The van der Waals surface area contributed by atoms with Gasteiger partial charge in [-0.25, -0.2) is 5.43 Å². The normalized spacial score (nSPS) is 23.7. The Kier molecular flexibility index (Phi) is 4.88. The molecule has 0 radical (unpaired) electrons. The van der Waals surface area contributed by atoms with Gasteiger partial charge in [0, 0.05) is 25.7 Å². The number of nitrogens with zero attached hydrogens (tertiary/aromatic N) is 2. The average Bonchev–Trinajstić information content (AvgIpc) is 2.61. The molecule has 2 aliphatic heterocycles. The van der Waals surface area contributed by atoms with Crippen LogP contribution in [0.1, 0.15) is 32.1 Å². The van der Waals surface area contributed by atoms with Crippen LogP contribution in [0, 0.1) is 0 Å². The number of allylic oxidation sites excluding steroid dienone is 1. The zero-order chi connectivity index (χ0) is 12.8. The number of rotatable bonds is 5. The van der Waals surface area contributed by atoms with E-state index in [1.165, 1.54) is 37.9 Å². The molecule has 3 nitrogen and oxygen atoms in total. The lowest BCUT2D eigenvalue weighted by molar-refractivity contribution is 0.0827. The second-order valence-electron chi connectivity index (χ2n) is 5.05. The Bertz CT molecular complexity index is 312. The first kappa shape index (κ1) is 13.2. The molecule has 0 aromatic heterocycles. The van der Waals surface area contributed by atoms with Crippen molar-refractivity contribution in [2.75, 3.05) is 19.6 Å². The van der Waals surface area contributed by atoms with E-state index in [-0.39, 0.29) is 0 Å². The van der Waals surface area contributed by atoms with Gasteiger partial charge in [-0.05, 0) is 38.2 Å². The van der Waals surface area contributed by atoms with E-state index in [9.17, 15) is 0 Å². The van der Waals surface area contributed by atoms with E-state index in [1.807, 2.05) is 12.2 Å². The summed E-state index contributed by atoms with van der Waals surface area (Å²) in [7, 11) is 0. The van der Waals surface area contributed by atoms with Gasteiger partial charge in [-0.2, -0.15) is 0 Å². The Morgan fingerprint density at radius 1 is 1.28 bits per heavy atom. The Morgan fingerprint density at radius 2 is 2.00 bits per heavy atom. The first-order valence-corrected chi connectivity index (χ1v) is 7.06. The zero-order valence-electron chi connectivity index (χ0n) is 11.3. The molecular formula is C15H25N3. The maximum atomic E-state index is 3.86. The van der Waals surface area contributed by atoms with Gasteiger partial charge in [-0.15, -0.1) is 13.2 Å². The van der Waals surface area contributed by atoms with Crippen molar-refractivity contribution in [1.29, 1.82) is 0 Å². The average molecular weight is 247 g/mol. The minimum atomic E-state index is 0.657. The van der Waals surface area contributed by atoms with Crippen LogP contribution in [0.15, 0.2) is 37.2 Å². The highest BCUT2D eigenvalue weighted by Gasteiger charge is 2.27. The van der Waals surface area contributed by atoms with Crippen LogP contribution in [0.2, 0.25) is 0 Å². The third-order valence-corrected chi connectivity index (χ3v) is 3.70. The summed E-state index contributed by atoms with van der Waals surface area (Å²) in [4.78, 5) is 2.34. The fourth-order valence-electron chi connectivity index (χ4n) is 2.87. The SMILES string of the molecule is C=CCN(CC=C)C1=CCCCC2CCCNN12. The lowest BCUT2D eigenvalue weighted by Crippen LogP contribution is -2.52. The Labute approximate surface area is 111 Å². The Morgan fingerprint density at radius 3 is 2.72 bits per heavy atom. The van der Waals surface area contributed by atoms with Gasteiger partial charge in [-0.3, -0.25) is 5.01 Å². The number of nitrogens with one attached hydrogen (secondary N) is 1. The molecule has 0 saturated carbocycles. The van der Waals surface area contributed by atoms with Crippen molar-refractivity contribution >= 4 is 0 Å². The Hall–Kier alpha value is -1.22. The van der Waals surface area contributed by atoms with Crippen LogP contribution in [0.25, 0.3) is 0 Å². The number of fused-ring (bicyclic) bond motifs is 1. The molecular weight excluding hydrogens is 222 g/mol. The van der Waals surface area contributed by atoms with Crippen molar-refractivity contribution in [2.24, 2.45) is 0 Å². The second kappa shape index (κ2) is 6.64. The molecule has 2 aliphatic rings. The lowest BCUT2D eigenvalue weighted by atomic mass is 10.0. The van der Waals surface area contributed by atoms with E-state index in [4.69, 9.17) is 0 Å². The van der Waals surface area contributed by atoms with Crippen LogP contribution in [0.5, 0.6) is 0 Å². The summed E-state index contributed by atoms with van der Waals surface area (Å²) < 4.78 is 0. The molecule has 0 aliphatic carbocycles. The predicted molar refractivity (Wildman–Crippen MR) is 76.8 cm³/mol. The molecule has 1 N–H and O–H groups in total. The highest BCUT2D eigenvalue weighted by Crippen LogP contribution is 2.26. The summed E-state index contributed by atoms with van der Waals surface area (Å²) in [6.45, 7) is 10.6. The predicted octanol–water partition coefficient (Wildman–Crippen LogP) is 2.65. The van der Waals surface area contributed by atoms with Crippen molar-refractivity contribution < 1.29 is 0 Å². The maximum Gasteiger partial charge on any atom is 0.115 e. The van der Waals surface area contributed by atoms with Crippen molar-refractivity contribution in [3.8, 4) is 0 Å². The number of hydrazine groups is 1. The van der Waals surface area contributed by atoms with Crippen LogP contribution in [-0.2, 0) is 0 Å². The molecule has 100 valence electrons. The summed E-state index contributed by atoms with van der Waals surface area (Å²) in [6, 6.07) is 0.657. The van der Waals surface area contributed by atoms with E-state index in [2.05, 4.69) is 34.6 Å². The summed E-state index contributed by atoms with van der Waals surface area (Å²) in [5, 5.41) is 2.39. The van der Waals surface area contributed by atoms with E-state index in [0.717, 1.165) is 19.6 Å². The largest absolute Gasteiger partial charge is 0.350 e. The molecule has 1 unspecified atom stereocenters. The topological polar surface area (TPSA) is 18.5 Å². The summed E-state index contributed by atoms with van der Waals surface area (Å²) >= 11 is 0. The highest BCUT2D eigenvalue weighted by atomic mass is 15.6. The minimum absolute atomic E-state index is 0.657. The number of hydrogen-bond acceptors (Lipinski definition) is 3. The lowest BCUT2D eigenvalue weighted by Gasteiger charge is -2.42. The van der Waals surface area contributed by atoms with Crippen LogP contribution in [-0.4, -0.2) is 35.6 Å². The third kappa shape index (κ3) is 2.96. The quantitative estimate of drug-likeness (QED) is 0.754. The van der Waals surface area contributed by atoms with Gasteiger partial charge < -0.3 is 4.90 Å². The fraction of sp³-hybridized carbons (Fsp3) is 0.600. The molecule has 0 amide bonds. The molecule has 18 heavy (non-hydrogen) atoms. The molecule has 2 heterocycles. The van der Waals surface area contributed by atoms with Gasteiger partial charge >= 0.3 is 0 Å². The van der Waals surface area contributed by atoms with Crippen LogP contribution in [0.4, 0.5) is 0 Å². The fourth-order valence-corrected chi connectivity index (χ4v) is 2.87. The first-order valence-electron chi connectivity index (χ1n) is 7.06. The molecule has 1 saturated heterocycles. The first-order chi connectivity index (χ1) is 8.86. The van der Waals surface area contributed by atoms with Crippen LogP contribution in [0.3, 0.4) is 0 Å². The van der Waals surface area contributed by atoms with E-state index < -0.39 is 0 Å². The van der Waals surface area contributed by atoms with Crippen molar-refractivity contribution in [3.63, 3.8) is 0 Å². The van der Waals surface area contributed by atoms with Crippen LogP contribution < -0.4 is 5.43 Å². The molecule has 0 bridgehead atoms. The molecule has 3 heteroatoms. The second-order valence-corrected chi connectivity index (χ2v) is 5.05. The maximum absolute atomic E-state index is 3.86. The van der Waals surface area contributed by atoms with Crippen LogP contribution >= 0.6 is 0 Å². The van der Waals surface area contributed by atoms with Gasteiger partial charge in [0.1, 0.15) is 5.82 Å². The molecule has 0 aromatic rings. The van der Waals surface area contributed by atoms with E-state index in [0.29, 0.717) is 6.04 Å². The standard InChI is InChI=1S/C15H25N3/c1-3-12-17(13-4-2)15-10-6-5-8-14-9-7-11-16-18(14)15/h3-4,10,14,16H,1-2,5-9,11-13H2. The van der Waals surface area contributed by atoms with Gasteiger partial charge in [0.15, 0.2) is 0 Å². The van der Waals surface area contributed by atoms with E-state index >= 15 is 0 Å². The van der Waals surface area contributed by atoms with Crippen molar-refractivity contribution in [1.82, 2.24) is 15.3 Å². The molecule has 1 atom stereocenters. The van der Waals surface area contributed by atoms with Crippen molar-refractivity contribution in [3.05, 3.63) is 37.2 Å². The van der Waals surface area contributed by atoms with Gasteiger partial charge in [0.25, 0.3) is 0 Å². The minimum Gasteiger partial charge on any atom is -0.350 e. The zero-order valence-corrected chi connectivity index (χ0v) is 11.3. The van der Waals surface area contributed by atoms with Crippen molar-refractivity contribution in [2.45, 2.75) is 38.1 Å².